The van der Waals surface area contributed by atoms with E-state index in [1.54, 1.807) is 0 Å². The molecule has 1 atom stereocenters. The first-order valence-electron chi connectivity index (χ1n) is 6.40. The van der Waals surface area contributed by atoms with Crippen LogP contribution in [0.4, 0.5) is 5.82 Å². The van der Waals surface area contributed by atoms with E-state index in [0.29, 0.717) is 6.04 Å². The number of hydrogen-bond donors (Lipinski definition) is 1. The summed E-state index contributed by atoms with van der Waals surface area (Å²) in [6.45, 7) is 5.38. The molecular formula is C13H20BrN3. The van der Waals surface area contributed by atoms with Crippen LogP contribution in [0.1, 0.15) is 26.2 Å². The van der Waals surface area contributed by atoms with E-state index >= 15 is 0 Å². The Morgan fingerprint density at radius 1 is 1.53 bits per heavy atom. The van der Waals surface area contributed by atoms with Crippen molar-refractivity contribution in [3.05, 3.63) is 22.8 Å². The second-order valence-electron chi connectivity index (χ2n) is 4.49. The van der Waals surface area contributed by atoms with Crippen LogP contribution in [0.3, 0.4) is 0 Å². The van der Waals surface area contributed by atoms with Crippen LogP contribution in [-0.4, -0.2) is 30.7 Å². The Morgan fingerprint density at radius 2 is 2.41 bits per heavy atom. The van der Waals surface area contributed by atoms with Gasteiger partial charge in [0, 0.05) is 25.3 Å². The highest BCUT2D eigenvalue weighted by Gasteiger charge is 2.17. The first-order valence-corrected chi connectivity index (χ1v) is 7.19. The number of anilines is 1. The summed E-state index contributed by atoms with van der Waals surface area (Å²) in [6, 6.07) is 4.62. The first kappa shape index (κ1) is 12.8. The zero-order chi connectivity index (χ0) is 12.1. The number of halogens is 1. The van der Waals surface area contributed by atoms with Gasteiger partial charge in [0.05, 0.1) is 4.47 Å². The summed E-state index contributed by atoms with van der Waals surface area (Å²) in [5.41, 5.74) is 0. The molecule has 0 radical (unpaired) electrons. The van der Waals surface area contributed by atoms with Crippen LogP contribution >= 0.6 is 15.9 Å². The first-order chi connectivity index (χ1) is 8.31. The van der Waals surface area contributed by atoms with Crippen LogP contribution in [0.2, 0.25) is 0 Å². The smallest absolute Gasteiger partial charge is 0.142 e. The Bertz CT molecular complexity index is 350. The van der Waals surface area contributed by atoms with Gasteiger partial charge in [-0.25, -0.2) is 4.98 Å². The van der Waals surface area contributed by atoms with Crippen molar-refractivity contribution in [2.75, 3.05) is 24.5 Å². The third kappa shape index (κ3) is 3.42. The fourth-order valence-electron chi connectivity index (χ4n) is 2.32. The average molecular weight is 298 g/mol. The zero-order valence-electron chi connectivity index (χ0n) is 10.3. The van der Waals surface area contributed by atoms with E-state index in [-0.39, 0.29) is 0 Å². The van der Waals surface area contributed by atoms with Gasteiger partial charge < -0.3 is 10.2 Å². The third-order valence-electron chi connectivity index (χ3n) is 3.27. The van der Waals surface area contributed by atoms with Gasteiger partial charge in [-0.05, 0) is 54.4 Å². The second-order valence-corrected chi connectivity index (χ2v) is 5.35. The van der Waals surface area contributed by atoms with E-state index in [1.807, 2.05) is 12.3 Å². The molecule has 1 aromatic heterocycles. The van der Waals surface area contributed by atoms with Crippen molar-refractivity contribution in [2.24, 2.45) is 0 Å². The predicted octanol–water partition coefficient (Wildman–Crippen LogP) is 2.81. The van der Waals surface area contributed by atoms with Crippen LogP contribution in [0.25, 0.3) is 0 Å². The monoisotopic (exact) mass is 297 g/mol. The molecule has 2 rings (SSSR count). The topological polar surface area (TPSA) is 28.2 Å². The Balaban J connectivity index is 2.03. The summed E-state index contributed by atoms with van der Waals surface area (Å²) in [6.07, 6.45) is 5.80. The van der Waals surface area contributed by atoms with Crippen LogP contribution in [0.5, 0.6) is 0 Å². The van der Waals surface area contributed by atoms with Gasteiger partial charge in [0.25, 0.3) is 0 Å². The summed E-state index contributed by atoms with van der Waals surface area (Å²) in [7, 11) is 0. The Morgan fingerprint density at radius 3 is 3.06 bits per heavy atom. The molecule has 0 saturated carbocycles. The highest BCUT2D eigenvalue weighted by atomic mass is 79.9. The molecule has 4 heteroatoms. The normalized spacial score (nSPS) is 20.2. The van der Waals surface area contributed by atoms with Gasteiger partial charge in [0.2, 0.25) is 0 Å². The number of pyridine rings is 1. The molecule has 1 N–H and O–H groups in total. The summed E-state index contributed by atoms with van der Waals surface area (Å²) < 4.78 is 1.08. The molecule has 1 saturated heterocycles. The van der Waals surface area contributed by atoms with Gasteiger partial charge in [-0.3, -0.25) is 0 Å². The molecule has 17 heavy (non-hydrogen) atoms. The molecule has 0 spiro atoms. The van der Waals surface area contributed by atoms with E-state index < -0.39 is 0 Å². The molecule has 1 fully saturated rings. The molecule has 2 heterocycles. The maximum atomic E-state index is 4.47. The molecule has 0 bridgehead atoms. The minimum atomic E-state index is 0.609. The van der Waals surface area contributed by atoms with Crippen LogP contribution in [0, 0.1) is 0 Å². The highest BCUT2D eigenvalue weighted by Crippen LogP contribution is 2.23. The lowest BCUT2D eigenvalue weighted by Crippen LogP contribution is -2.44. The predicted molar refractivity (Wildman–Crippen MR) is 75.5 cm³/mol. The minimum absolute atomic E-state index is 0.609. The minimum Gasteiger partial charge on any atom is -0.354 e. The fraction of sp³-hybridized carbons (Fsp3) is 0.615. The molecule has 1 unspecified atom stereocenters. The van der Waals surface area contributed by atoms with Crippen molar-refractivity contribution in [1.82, 2.24) is 10.3 Å². The van der Waals surface area contributed by atoms with Crippen molar-refractivity contribution in [3.63, 3.8) is 0 Å². The molecule has 0 aromatic carbocycles. The van der Waals surface area contributed by atoms with Gasteiger partial charge in [0.15, 0.2) is 0 Å². The number of hydrogen-bond acceptors (Lipinski definition) is 3. The molecule has 1 aromatic rings. The molecule has 0 amide bonds. The lowest BCUT2D eigenvalue weighted by Gasteiger charge is -2.31. The summed E-state index contributed by atoms with van der Waals surface area (Å²) >= 11 is 3.58. The maximum absolute atomic E-state index is 4.47. The lowest BCUT2D eigenvalue weighted by atomic mass is 10.0. The van der Waals surface area contributed by atoms with Crippen molar-refractivity contribution in [2.45, 2.75) is 32.2 Å². The summed E-state index contributed by atoms with van der Waals surface area (Å²) in [4.78, 5) is 6.81. The Hall–Kier alpha value is -0.610. The molecule has 94 valence electrons. The van der Waals surface area contributed by atoms with Crippen LogP contribution < -0.4 is 10.2 Å². The van der Waals surface area contributed by atoms with Crippen molar-refractivity contribution in [1.29, 1.82) is 0 Å². The quantitative estimate of drug-likeness (QED) is 0.926. The maximum Gasteiger partial charge on any atom is 0.142 e. The van der Waals surface area contributed by atoms with Gasteiger partial charge in [-0.2, -0.15) is 0 Å². The Labute approximate surface area is 112 Å². The van der Waals surface area contributed by atoms with Gasteiger partial charge in [-0.1, -0.05) is 6.42 Å². The number of rotatable bonds is 4. The SMILES string of the molecule is CCN(CC1CCCCN1)c1ncccc1Br. The van der Waals surface area contributed by atoms with E-state index in [4.69, 9.17) is 0 Å². The standard InChI is InChI=1S/C13H20BrN3/c1-2-17(10-11-6-3-4-8-15-11)13-12(14)7-5-9-16-13/h5,7,9,11,15H,2-4,6,8,10H2,1H3. The number of nitrogens with one attached hydrogen (secondary N) is 1. The zero-order valence-corrected chi connectivity index (χ0v) is 11.9. The summed E-state index contributed by atoms with van der Waals surface area (Å²) in [5, 5.41) is 3.59. The molecule has 3 nitrogen and oxygen atoms in total. The van der Waals surface area contributed by atoms with Crippen LogP contribution in [-0.2, 0) is 0 Å². The van der Waals surface area contributed by atoms with Gasteiger partial charge >= 0.3 is 0 Å². The van der Waals surface area contributed by atoms with E-state index in [9.17, 15) is 0 Å². The number of nitrogens with zero attached hydrogens (tertiary/aromatic N) is 2. The second kappa shape index (κ2) is 6.36. The van der Waals surface area contributed by atoms with Crippen molar-refractivity contribution in [3.8, 4) is 0 Å². The lowest BCUT2D eigenvalue weighted by molar-refractivity contribution is 0.399. The Kier molecular flexibility index (Phi) is 4.80. The summed E-state index contributed by atoms with van der Waals surface area (Å²) in [5.74, 6) is 1.06. The fourth-order valence-corrected chi connectivity index (χ4v) is 2.83. The van der Waals surface area contributed by atoms with E-state index in [1.165, 1.54) is 19.3 Å². The number of aromatic nitrogens is 1. The van der Waals surface area contributed by atoms with Gasteiger partial charge in [-0.15, -0.1) is 0 Å². The molecular weight excluding hydrogens is 278 g/mol. The number of piperidine rings is 1. The largest absolute Gasteiger partial charge is 0.354 e. The van der Waals surface area contributed by atoms with Crippen LogP contribution in [0.15, 0.2) is 22.8 Å². The molecule has 1 aliphatic rings. The van der Waals surface area contributed by atoms with E-state index in [2.05, 4.69) is 44.1 Å². The van der Waals surface area contributed by atoms with Gasteiger partial charge in [0.1, 0.15) is 5.82 Å². The number of likely N-dealkylation sites (N-methyl/N-ethyl adjacent to an activating group) is 1. The third-order valence-corrected chi connectivity index (χ3v) is 3.89. The average Bonchev–Trinajstić information content (AvgIpc) is 2.38. The van der Waals surface area contributed by atoms with Crippen molar-refractivity contribution >= 4 is 21.7 Å². The van der Waals surface area contributed by atoms with Crippen molar-refractivity contribution < 1.29 is 0 Å². The molecule has 0 aliphatic carbocycles. The highest BCUT2D eigenvalue weighted by molar-refractivity contribution is 9.10. The van der Waals surface area contributed by atoms with E-state index in [0.717, 1.165) is 29.9 Å². The molecule has 1 aliphatic heterocycles.